The highest BCUT2D eigenvalue weighted by molar-refractivity contribution is 7.89. The molecule has 0 unspecified atom stereocenters. The molecule has 0 atom stereocenters. The van der Waals surface area contributed by atoms with Crippen molar-refractivity contribution in [2.75, 3.05) is 27.3 Å². The van der Waals surface area contributed by atoms with Crippen LogP contribution in [-0.4, -0.2) is 60.8 Å². The molecule has 1 aliphatic rings. The molecule has 40 heavy (non-hydrogen) atoms. The quantitative estimate of drug-likeness (QED) is 0.334. The van der Waals surface area contributed by atoms with Crippen molar-refractivity contribution < 1.29 is 17.9 Å². The van der Waals surface area contributed by atoms with E-state index in [9.17, 15) is 18.0 Å². The van der Waals surface area contributed by atoms with Crippen molar-refractivity contribution in [2.24, 2.45) is 14.1 Å². The molecule has 11 nitrogen and oxygen atoms in total. The number of fused-ring (bicyclic) bond motifs is 1. The van der Waals surface area contributed by atoms with Gasteiger partial charge in [0, 0.05) is 45.5 Å². The van der Waals surface area contributed by atoms with Gasteiger partial charge >= 0.3 is 5.69 Å². The van der Waals surface area contributed by atoms with Crippen LogP contribution in [0.3, 0.4) is 0 Å². The summed E-state index contributed by atoms with van der Waals surface area (Å²) in [5, 5.41) is 0. The first-order chi connectivity index (χ1) is 19.1. The van der Waals surface area contributed by atoms with Crippen LogP contribution in [0.1, 0.15) is 18.4 Å². The van der Waals surface area contributed by atoms with Crippen LogP contribution in [0, 0.1) is 0 Å². The Hall–Kier alpha value is -3.87. The van der Waals surface area contributed by atoms with Crippen molar-refractivity contribution in [3.05, 3.63) is 74.9 Å². The summed E-state index contributed by atoms with van der Waals surface area (Å²) in [4.78, 5) is 30.3. The zero-order valence-electron chi connectivity index (χ0n) is 22.9. The predicted molar refractivity (Wildman–Crippen MR) is 152 cm³/mol. The number of aromatic amines is 1. The van der Waals surface area contributed by atoms with Gasteiger partial charge in [-0.15, -0.1) is 0 Å². The lowest BCUT2D eigenvalue weighted by Crippen LogP contribution is -2.44. The molecule has 1 fully saturated rings. The van der Waals surface area contributed by atoms with Gasteiger partial charge in [-0.05, 0) is 54.3 Å². The molecule has 2 aromatic heterocycles. The van der Waals surface area contributed by atoms with E-state index in [1.54, 1.807) is 51.6 Å². The third-order valence-corrected chi connectivity index (χ3v) is 9.03. The van der Waals surface area contributed by atoms with E-state index < -0.39 is 21.3 Å². The molecule has 3 heterocycles. The van der Waals surface area contributed by atoms with Gasteiger partial charge in [-0.2, -0.15) is 0 Å². The first-order valence-electron chi connectivity index (χ1n) is 13.0. The van der Waals surface area contributed by atoms with Crippen molar-refractivity contribution in [3.63, 3.8) is 0 Å². The maximum absolute atomic E-state index is 13.1. The number of hydrogen-bond acceptors (Lipinski definition) is 7. The summed E-state index contributed by atoms with van der Waals surface area (Å²) in [7, 11) is 2.54. The lowest BCUT2D eigenvalue weighted by molar-refractivity contribution is 0.199. The Morgan fingerprint density at radius 2 is 1.60 bits per heavy atom. The first kappa shape index (κ1) is 27.7. The van der Waals surface area contributed by atoms with Gasteiger partial charge < -0.3 is 14.5 Å². The third kappa shape index (κ3) is 5.29. The summed E-state index contributed by atoms with van der Waals surface area (Å²) in [6.07, 6.45) is 1.40. The number of piperidine rings is 1. The van der Waals surface area contributed by atoms with E-state index in [0.29, 0.717) is 46.6 Å². The summed E-state index contributed by atoms with van der Waals surface area (Å²) < 4.78 is 42.2. The van der Waals surface area contributed by atoms with Crippen LogP contribution >= 0.6 is 0 Å². The number of H-pyrrole nitrogens is 1. The number of aryl methyl sites for hydroxylation is 1. The lowest BCUT2D eigenvalue weighted by atomic mass is 10.1. The Morgan fingerprint density at radius 3 is 2.25 bits per heavy atom. The van der Waals surface area contributed by atoms with Gasteiger partial charge in [-0.1, -0.05) is 18.2 Å². The van der Waals surface area contributed by atoms with E-state index in [4.69, 9.17) is 9.47 Å². The molecule has 0 radical (unpaired) electrons. The minimum Gasteiger partial charge on any atom is -0.493 e. The Kier molecular flexibility index (Phi) is 7.58. The molecular weight excluding hydrogens is 534 g/mol. The summed E-state index contributed by atoms with van der Waals surface area (Å²) in [5.41, 5.74) is 2.40. The van der Waals surface area contributed by atoms with Crippen LogP contribution < -0.4 is 25.4 Å². The Labute approximate surface area is 232 Å². The Morgan fingerprint density at radius 1 is 0.925 bits per heavy atom. The van der Waals surface area contributed by atoms with Crippen molar-refractivity contribution >= 4 is 21.1 Å². The summed E-state index contributed by atoms with van der Waals surface area (Å²) in [5.74, 6) is 1.37. The molecule has 4 aromatic rings. The fourth-order valence-corrected chi connectivity index (χ4v) is 6.46. The van der Waals surface area contributed by atoms with E-state index in [0.717, 1.165) is 29.8 Å². The van der Waals surface area contributed by atoms with Crippen LogP contribution in [0.4, 0.5) is 0 Å². The topological polar surface area (TPSA) is 128 Å². The minimum atomic E-state index is -3.71. The number of benzene rings is 2. The highest BCUT2D eigenvalue weighted by atomic mass is 32.2. The number of methoxy groups -OCH3 is 2. The number of ether oxygens (including phenoxy) is 2. The molecule has 2 aromatic carbocycles. The van der Waals surface area contributed by atoms with Crippen LogP contribution in [0.15, 0.2) is 63.0 Å². The van der Waals surface area contributed by atoms with E-state index in [1.165, 1.54) is 11.6 Å². The Balaban J connectivity index is 1.23. The maximum Gasteiger partial charge on any atom is 0.331 e. The molecule has 12 heteroatoms. The highest BCUT2D eigenvalue weighted by Crippen LogP contribution is 2.29. The van der Waals surface area contributed by atoms with Gasteiger partial charge in [-0.25, -0.2) is 17.9 Å². The molecule has 0 aliphatic carbocycles. The molecule has 0 spiro atoms. The van der Waals surface area contributed by atoms with E-state index >= 15 is 0 Å². The van der Waals surface area contributed by atoms with Crippen molar-refractivity contribution in [3.8, 4) is 22.8 Å². The average molecular weight is 568 g/mol. The lowest BCUT2D eigenvalue weighted by Gasteiger charge is -2.32. The summed E-state index contributed by atoms with van der Waals surface area (Å²) >= 11 is 0. The van der Waals surface area contributed by atoms with E-state index in [1.807, 2.05) is 18.2 Å². The molecule has 5 rings (SSSR count). The molecule has 0 saturated carbocycles. The monoisotopic (exact) mass is 567 g/mol. The van der Waals surface area contributed by atoms with Gasteiger partial charge in [0.15, 0.2) is 11.5 Å². The van der Waals surface area contributed by atoms with Gasteiger partial charge in [0.25, 0.3) is 5.56 Å². The first-order valence-corrected chi connectivity index (χ1v) is 14.4. The second-order valence-electron chi connectivity index (χ2n) is 10.0. The van der Waals surface area contributed by atoms with Gasteiger partial charge in [-0.3, -0.25) is 18.8 Å². The third-order valence-electron chi connectivity index (χ3n) is 7.49. The number of hydrogen-bond donors (Lipinski definition) is 2. The molecule has 212 valence electrons. The molecular formula is C28H33N5O6S. The second kappa shape index (κ2) is 11.0. The van der Waals surface area contributed by atoms with Gasteiger partial charge in [0.1, 0.15) is 5.52 Å². The van der Waals surface area contributed by atoms with Crippen LogP contribution in [0.2, 0.25) is 0 Å². The number of nitrogens with one attached hydrogen (secondary N) is 2. The van der Waals surface area contributed by atoms with Gasteiger partial charge in [0.2, 0.25) is 10.0 Å². The largest absolute Gasteiger partial charge is 0.493 e. The highest BCUT2D eigenvalue weighted by Gasteiger charge is 2.25. The number of likely N-dealkylation sites (tertiary alicyclic amines) is 1. The fourth-order valence-electron chi connectivity index (χ4n) is 5.16. The zero-order chi connectivity index (χ0) is 28.6. The fraction of sp³-hybridized carbons (Fsp3) is 0.357. The van der Waals surface area contributed by atoms with Gasteiger partial charge in [0.05, 0.1) is 24.6 Å². The number of rotatable bonds is 8. The molecule has 0 amide bonds. The van der Waals surface area contributed by atoms with Crippen molar-refractivity contribution in [2.45, 2.75) is 30.3 Å². The Bertz CT molecular complexity index is 1760. The smallest absolute Gasteiger partial charge is 0.331 e. The SMILES string of the molecule is COc1ccc(CN2CCC(NS(=O)(=O)c3ccc(-c4cc5c([nH]4)c(=O)n(C)c(=O)n5C)cc3)CC2)cc1OC. The van der Waals surface area contributed by atoms with E-state index in [2.05, 4.69) is 14.6 Å². The summed E-state index contributed by atoms with van der Waals surface area (Å²) in [6, 6.07) is 13.9. The summed E-state index contributed by atoms with van der Waals surface area (Å²) in [6.45, 7) is 2.28. The predicted octanol–water partition coefficient (Wildman–Crippen LogP) is 2.19. The van der Waals surface area contributed by atoms with Crippen LogP contribution in [0.25, 0.3) is 22.3 Å². The van der Waals surface area contributed by atoms with Crippen molar-refractivity contribution in [1.82, 2.24) is 23.7 Å². The molecule has 1 saturated heterocycles. The minimum absolute atomic E-state index is 0.155. The molecule has 1 aliphatic heterocycles. The zero-order valence-corrected chi connectivity index (χ0v) is 23.7. The molecule has 0 bridgehead atoms. The van der Waals surface area contributed by atoms with Crippen LogP contribution in [0.5, 0.6) is 11.5 Å². The normalized spacial score (nSPS) is 15.0. The van der Waals surface area contributed by atoms with Crippen molar-refractivity contribution in [1.29, 1.82) is 0 Å². The second-order valence-corrected chi connectivity index (χ2v) is 11.7. The number of nitrogens with zero attached hydrogens (tertiary/aromatic N) is 3. The van der Waals surface area contributed by atoms with E-state index in [-0.39, 0.29) is 10.9 Å². The maximum atomic E-state index is 13.1. The number of sulfonamides is 1. The standard InChI is InChI=1S/C28H33N5O6S/c1-31-23-16-22(29-26(23)27(34)32(2)28(31)35)19-6-8-21(9-7-19)40(36,37)30-20-11-13-33(14-12-20)17-18-5-10-24(38-3)25(15-18)39-4/h5-10,15-16,20,29-30H,11-14,17H2,1-4H3. The number of aromatic nitrogens is 3. The average Bonchev–Trinajstić information content (AvgIpc) is 3.42. The molecule has 2 N–H and O–H groups in total. The van der Waals surface area contributed by atoms with Crippen LogP contribution in [-0.2, 0) is 30.7 Å².